The maximum absolute atomic E-state index is 12.2. The first-order chi connectivity index (χ1) is 7.75. The predicted octanol–water partition coefficient (Wildman–Crippen LogP) is -0.121. The van der Waals surface area contributed by atoms with Crippen molar-refractivity contribution in [2.45, 2.75) is 19.8 Å². The van der Waals surface area contributed by atoms with Crippen LogP contribution < -0.4 is 5.32 Å². The third-order valence-corrected chi connectivity index (χ3v) is 4.29. The fourth-order valence-electron chi connectivity index (χ4n) is 2.06. The van der Waals surface area contributed by atoms with Gasteiger partial charge in [0.1, 0.15) is 9.84 Å². The average Bonchev–Trinajstić information content (AvgIpc) is 2.25. The molecule has 0 aromatic heterocycles. The number of nitrogens with zero attached hydrogens (tertiary/aromatic N) is 1. The molecule has 1 fully saturated rings. The first-order valence-electron chi connectivity index (χ1n) is 5.89. The van der Waals surface area contributed by atoms with Gasteiger partial charge in [-0.3, -0.25) is 4.79 Å². The quantitative estimate of drug-likeness (QED) is 0.767. The molecule has 1 aliphatic rings. The van der Waals surface area contributed by atoms with Crippen LogP contribution in [0.25, 0.3) is 0 Å². The zero-order valence-corrected chi connectivity index (χ0v) is 11.6. The van der Waals surface area contributed by atoms with Crippen LogP contribution >= 0.6 is 0 Å². The van der Waals surface area contributed by atoms with Crippen molar-refractivity contribution in [1.29, 1.82) is 0 Å². The van der Waals surface area contributed by atoms with Crippen molar-refractivity contribution in [2.75, 3.05) is 38.7 Å². The summed E-state index contributed by atoms with van der Waals surface area (Å²) >= 11 is 0. The molecule has 0 aromatic carbocycles. The molecule has 100 valence electrons. The van der Waals surface area contributed by atoms with Crippen LogP contribution in [0.2, 0.25) is 0 Å². The summed E-state index contributed by atoms with van der Waals surface area (Å²) in [5, 5.41) is 3.22. The van der Waals surface area contributed by atoms with Crippen LogP contribution in [0.3, 0.4) is 0 Å². The Morgan fingerprint density at radius 1 is 1.35 bits per heavy atom. The molecule has 1 amide bonds. The first-order valence-corrected chi connectivity index (χ1v) is 7.95. The summed E-state index contributed by atoms with van der Waals surface area (Å²) in [5.74, 6) is 0.0893. The minimum Gasteiger partial charge on any atom is -0.344 e. The monoisotopic (exact) mass is 262 g/mol. The molecule has 17 heavy (non-hydrogen) atoms. The zero-order valence-electron chi connectivity index (χ0n) is 10.8. The highest BCUT2D eigenvalue weighted by Gasteiger charge is 2.36. The van der Waals surface area contributed by atoms with E-state index < -0.39 is 9.84 Å². The Kier molecular flexibility index (Phi) is 4.55. The number of carbonyl (C=O) groups is 1. The van der Waals surface area contributed by atoms with E-state index in [1.54, 1.807) is 11.9 Å². The molecule has 0 unspecified atom stereocenters. The lowest BCUT2D eigenvalue weighted by Crippen LogP contribution is -2.47. The summed E-state index contributed by atoms with van der Waals surface area (Å²) in [6.07, 6.45) is 2.82. The van der Waals surface area contributed by atoms with Gasteiger partial charge in [-0.1, -0.05) is 6.92 Å². The summed E-state index contributed by atoms with van der Waals surface area (Å²) in [5.41, 5.74) is -0.336. The van der Waals surface area contributed by atoms with Gasteiger partial charge in [0.25, 0.3) is 0 Å². The third-order valence-electron chi connectivity index (χ3n) is 3.37. The standard InChI is InChI=1S/C11H22N2O3S/c1-11(4-6-12-7-5-11)10(14)13(2)8-9-17(3,15)16/h12H,4-9H2,1-3H3. The third kappa shape index (κ3) is 4.27. The van der Waals surface area contributed by atoms with Crippen LogP contribution in [0.1, 0.15) is 19.8 Å². The molecule has 0 bridgehead atoms. The van der Waals surface area contributed by atoms with Crippen molar-refractivity contribution < 1.29 is 13.2 Å². The van der Waals surface area contributed by atoms with E-state index in [2.05, 4.69) is 5.32 Å². The van der Waals surface area contributed by atoms with Gasteiger partial charge in [-0.2, -0.15) is 0 Å². The Bertz CT molecular complexity index is 372. The number of amides is 1. The molecule has 1 rings (SSSR count). The molecule has 0 spiro atoms. The van der Waals surface area contributed by atoms with Gasteiger partial charge < -0.3 is 10.2 Å². The molecule has 0 atom stereocenters. The Balaban J connectivity index is 2.56. The number of piperidine rings is 1. The van der Waals surface area contributed by atoms with Gasteiger partial charge in [0, 0.05) is 25.3 Å². The Morgan fingerprint density at radius 3 is 2.35 bits per heavy atom. The van der Waals surface area contributed by atoms with E-state index in [4.69, 9.17) is 0 Å². The van der Waals surface area contributed by atoms with Crippen LogP contribution in [-0.2, 0) is 14.6 Å². The largest absolute Gasteiger partial charge is 0.344 e. The van der Waals surface area contributed by atoms with Crippen LogP contribution in [-0.4, -0.2) is 57.9 Å². The smallest absolute Gasteiger partial charge is 0.228 e. The summed E-state index contributed by atoms with van der Waals surface area (Å²) in [6, 6.07) is 0. The zero-order chi connectivity index (χ0) is 13.1. The topological polar surface area (TPSA) is 66.5 Å². The number of nitrogens with one attached hydrogen (secondary N) is 1. The second-order valence-corrected chi connectivity index (χ2v) is 7.43. The predicted molar refractivity (Wildman–Crippen MR) is 67.6 cm³/mol. The van der Waals surface area contributed by atoms with Crippen LogP contribution in [0.4, 0.5) is 0 Å². The fourth-order valence-corrected chi connectivity index (χ4v) is 2.66. The highest BCUT2D eigenvalue weighted by atomic mass is 32.2. The maximum Gasteiger partial charge on any atom is 0.228 e. The van der Waals surface area contributed by atoms with Crippen LogP contribution in [0.15, 0.2) is 0 Å². The van der Waals surface area contributed by atoms with E-state index in [-0.39, 0.29) is 23.6 Å². The summed E-state index contributed by atoms with van der Waals surface area (Å²) in [6.45, 7) is 3.94. The van der Waals surface area contributed by atoms with Gasteiger partial charge in [-0.15, -0.1) is 0 Å². The number of rotatable bonds is 4. The second-order valence-electron chi connectivity index (χ2n) is 5.17. The maximum atomic E-state index is 12.2. The van der Waals surface area contributed by atoms with Crippen LogP contribution in [0, 0.1) is 5.41 Å². The molecular formula is C11H22N2O3S. The van der Waals surface area contributed by atoms with E-state index in [1.807, 2.05) is 6.92 Å². The molecule has 0 radical (unpaired) electrons. The van der Waals surface area contributed by atoms with Gasteiger partial charge in [0.05, 0.1) is 5.75 Å². The molecule has 1 N–H and O–H groups in total. The van der Waals surface area contributed by atoms with Crippen molar-refractivity contribution in [3.05, 3.63) is 0 Å². The van der Waals surface area contributed by atoms with E-state index in [1.165, 1.54) is 6.26 Å². The summed E-state index contributed by atoms with van der Waals surface area (Å²) < 4.78 is 22.1. The SMILES string of the molecule is CN(CCS(C)(=O)=O)C(=O)C1(C)CCNCC1. The van der Waals surface area contributed by atoms with Gasteiger partial charge in [-0.05, 0) is 25.9 Å². The molecule has 5 nitrogen and oxygen atoms in total. The van der Waals surface area contributed by atoms with Gasteiger partial charge in [0.2, 0.25) is 5.91 Å². The Hall–Kier alpha value is -0.620. The fraction of sp³-hybridized carbons (Fsp3) is 0.909. The summed E-state index contributed by atoms with van der Waals surface area (Å²) in [7, 11) is -1.33. The molecule has 0 aliphatic carbocycles. The lowest BCUT2D eigenvalue weighted by molar-refractivity contribution is -0.141. The van der Waals surface area contributed by atoms with E-state index in [0.29, 0.717) is 0 Å². The first kappa shape index (κ1) is 14.4. The van der Waals surface area contributed by atoms with Gasteiger partial charge in [0.15, 0.2) is 0 Å². The van der Waals surface area contributed by atoms with Crippen molar-refractivity contribution in [3.63, 3.8) is 0 Å². The van der Waals surface area contributed by atoms with Crippen molar-refractivity contribution in [2.24, 2.45) is 5.41 Å². The van der Waals surface area contributed by atoms with Crippen LogP contribution in [0.5, 0.6) is 0 Å². The van der Waals surface area contributed by atoms with E-state index >= 15 is 0 Å². The molecule has 1 aliphatic heterocycles. The molecule has 0 aromatic rings. The van der Waals surface area contributed by atoms with E-state index in [0.717, 1.165) is 25.9 Å². The lowest BCUT2D eigenvalue weighted by atomic mass is 9.80. The van der Waals surface area contributed by atoms with E-state index in [9.17, 15) is 13.2 Å². The normalized spacial score (nSPS) is 19.9. The molecule has 0 saturated carbocycles. The Morgan fingerprint density at radius 2 is 1.88 bits per heavy atom. The number of carbonyl (C=O) groups excluding carboxylic acids is 1. The molecular weight excluding hydrogens is 240 g/mol. The highest BCUT2D eigenvalue weighted by molar-refractivity contribution is 7.90. The summed E-state index contributed by atoms with van der Waals surface area (Å²) in [4.78, 5) is 13.8. The Labute approximate surface area is 103 Å². The van der Waals surface area contributed by atoms with Gasteiger partial charge in [-0.25, -0.2) is 8.42 Å². The second kappa shape index (κ2) is 5.35. The number of hydrogen-bond donors (Lipinski definition) is 1. The molecule has 6 heteroatoms. The number of hydrogen-bond acceptors (Lipinski definition) is 4. The molecule has 1 saturated heterocycles. The minimum atomic E-state index is -3.01. The van der Waals surface area contributed by atoms with Crippen molar-refractivity contribution in [3.8, 4) is 0 Å². The average molecular weight is 262 g/mol. The molecule has 1 heterocycles. The number of sulfone groups is 1. The highest BCUT2D eigenvalue weighted by Crippen LogP contribution is 2.29. The van der Waals surface area contributed by atoms with Gasteiger partial charge >= 0.3 is 0 Å². The minimum absolute atomic E-state index is 0.0313. The lowest BCUT2D eigenvalue weighted by Gasteiger charge is -2.35. The van der Waals surface area contributed by atoms with Crippen molar-refractivity contribution in [1.82, 2.24) is 10.2 Å². The van der Waals surface area contributed by atoms with Crippen molar-refractivity contribution >= 4 is 15.7 Å².